The number of hydrogen-bond donors (Lipinski definition) is 4. The normalized spacial score (nSPS) is 22.4. The summed E-state index contributed by atoms with van der Waals surface area (Å²) in [4.78, 5) is 31.1. The van der Waals surface area contributed by atoms with E-state index >= 15 is 0 Å². The molecule has 178 valence electrons. The Bertz CT molecular complexity index is 1350. The van der Waals surface area contributed by atoms with Crippen molar-refractivity contribution in [3.63, 3.8) is 0 Å². The number of benzene rings is 1. The van der Waals surface area contributed by atoms with E-state index in [1.807, 2.05) is 32.3 Å². The second-order valence-corrected chi connectivity index (χ2v) is 8.14. The van der Waals surface area contributed by atoms with Gasteiger partial charge in [0.15, 0.2) is 34.9 Å². The molecule has 1 aromatic carbocycles. The summed E-state index contributed by atoms with van der Waals surface area (Å²) in [5.74, 6) is -0.0499. The van der Waals surface area contributed by atoms with Crippen LogP contribution in [-0.4, -0.2) is 80.1 Å². The summed E-state index contributed by atoms with van der Waals surface area (Å²) in [5.41, 5.74) is 3.24. The van der Waals surface area contributed by atoms with Crippen LogP contribution in [0.5, 0.6) is 0 Å². The van der Waals surface area contributed by atoms with E-state index in [9.17, 15) is 15.0 Å². The SMILES string of the molecule is CNC(=O)[C@H]1O[C@@H](n2cnc3c(NCc4ccc5oc(N(C)C)nc5c4)ncnc32)[C@@H](O)C1O. The number of amides is 1. The van der Waals surface area contributed by atoms with E-state index in [-0.39, 0.29) is 0 Å². The van der Waals surface area contributed by atoms with Crippen molar-refractivity contribution in [3.8, 4) is 0 Å². The van der Waals surface area contributed by atoms with Gasteiger partial charge in [0.2, 0.25) is 0 Å². The maximum absolute atomic E-state index is 12.0. The number of aliphatic hydroxyl groups is 2. The van der Waals surface area contributed by atoms with Crippen molar-refractivity contribution in [1.29, 1.82) is 0 Å². The van der Waals surface area contributed by atoms with Crippen LogP contribution in [0.3, 0.4) is 0 Å². The smallest absolute Gasteiger partial charge is 0.297 e. The molecular weight excluding hydrogens is 444 g/mol. The van der Waals surface area contributed by atoms with Gasteiger partial charge in [0, 0.05) is 27.7 Å². The molecule has 13 heteroatoms. The predicted octanol–water partition coefficient (Wildman–Crippen LogP) is 0.0108. The fourth-order valence-corrected chi connectivity index (χ4v) is 3.86. The van der Waals surface area contributed by atoms with Crippen LogP contribution in [0, 0.1) is 0 Å². The van der Waals surface area contributed by atoms with Crippen LogP contribution >= 0.6 is 0 Å². The second-order valence-electron chi connectivity index (χ2n) is 8.14. The molecule has 1 aliphatic rings. The molecule has 13 nitrogen and oxygen atoms in total. The summed E-state index contributed by atoms with van der Waals surface area (Å²) in [7, 11) is 5.15. The third-order valence-corrected chi connectivity index (χ3v) is 5.66. The van der Waals surface area contributed by atoms with Gasteiger partial charge in [-0.05, 0) is 17.7 Å². The summed E-state index contributed by atoms with van der Waals surface area (Å²) in [5, 5.41) is 26.4. The number of oxazole rings is 1. The Morgan fingerprint density at radius 3 is 2.79 bits per heavy atom. The van der Waals surface area contributed by atoms with Crippen molar-refractivity contribution >= 4 is 40.0 Å². The Labute approximate surface area is 193 Å². The third kappa shape index (κ3) is 3.69. The predicted molar refractivity (Wildman–Crippen MR) is 121 cm³/mol. The standard InChI is InChI=1S/C21H24N8O5/c1-22-19(32)16-14(30)15(31)20(34-16)29-9-26-13-17(24-8-25-18(13)29)23-7-10-4-5-12-11(6-10)27-21(33-12)28(2)3/h4-6,8-9,14-16,20,30-31H,7H2,1-3H3,(H,22,32)(H,23,24,25)/t14?,15-,16-,20+/m0/s1. The van der Waals surface area contributed by atoms with E-state index in [1.165, 1.54) is 24.3 Å². The molecule has 34 heavy (non-hydrogen) atoms. The molecule has 1 amide bonds. The summed E-state index contributed by atoms with van der Waals surface area (Å²) in [6.45, 7) is 0.444. The van der Waals surface area contributed by atoms with Crippen molar-refractivity contribution in [2.24, 2.45) is 0 Å². The summed E-state index contributed by atoms with van der Waals surface area (Å²) in [6, 6.07) is 6.26. The van der Waals surface area contributed by atoms with Gasteiger partial charge in [-0.15, -0.1) is 0 Å². The lowest BCUT2D eigenvalue weighted by molar-refractivity contribution is -0.137. The Kier molecular flexibility index (Phi) is 5.51. The molecule has 4 atom stereocenters. The average Bonchev–Trinajstić information content (AvgIpc) is 3.53. The van der Waals surface area contributed by atoms with Gasteiger partial charge in [-0.2, -0.15) is 4.98 Å². The van der Waals surface area contributed by atoms with Gasteiger partial charge < -0.3 is 34.9 Å². The largest absolute Gasteiger partial charge is 0.423 e. The van der Waals surface area contributed by atoms with E-state index in [0.717, 1.165) is 11.1 Å². The first-order chi connectivity index (χ1) is 16.4. The summed E-state index contributed by atoms with van der Waals surface area (Å²) >= 11 is 0. The number of rotatable bonds is 6. The molecule has 1 aliphatic heterocycles. The summed E-state index contributed by atoms with van der Waals surface area (Å²) in [6.07, 6.45) is -2.18. The number of hydrogen-bond acceptors (Lipinski definition) is 11. The number of aliphatic hydroxyl groups excluding tert-OH is 2. The number of nitrogens with zero attached hydrogens (tertiary/aromatic N) is 6. The lowest BCUT2D eigenvalue weighted by atomic mass is 10.1. The number of aromatic nitrogens is 5. The zero-order valence-electron chi connectivity index (χ0n) is 18.7. The van der Waals surface area contributed by atoms with Crippen molar-refractivity contribution in [3.05, 3.63) is 36.4 Å². The van der Waals surface area contributed by atoms with Gasteiger partial charge >= 0.3 is 0 Å². The number of likely N-dealkylation sites (N-methyl/N-ethyl adjacent to an activating group) is 1. The Morgan fingerprint density at radius 2 is 2.03 bits per heavy atom. The van der Waals surface area contributed by atoms with Gasteiger partial charge in [0.25, 0.3) is 11.9 Å². The van der Waals surface area contributed by atoms with E-state index in [1.54, 1.807) is 4.90 Å². The number of ether oxygens (including phenoxy) is 1. The maximum Gasteiger partial charge on any atom is 0.297 e. The molecule has 0 radical (unpaired) electrons. The van der Waals surface area contributed by atoms with Gasteiger partial charge in [-0.3, -0.25) is 9.36 Å². The number of carbonyl (C=O) groups excluding carboxylic acids is 1. The van der Waals surface area contributed by atoms with Crippen LogP contribution < -0.4 is 15.5 Å². The highest BCUT2D eigenvalue weighted by atomic mass is 16.6. The van der Waals surface area contributed by atoms with Gasteiger partial charge in [-0.25, -0.2) is 15.0 Å². The van der Waals surface area contributed by atoms with E-state index < -0.39 is 30.4 Å². The van der Waals surface area contributed by atoms with Crippen LogP contribution in [0.2, 0.25) is 0 Å². The number of carbonyl (C=O) groups is 1. The van der Waals surface area contributed by atoms with E-state index in [4.69, 9.17) is 9.15 Å². The molecule has 4 N–H and O–H groups in total. The maximum atomic E-state index is 12.0. The molecule has 0 spiro atoms. The Balaban J connectivity index is 1.38. The van der Waals surface area contributed by atoms with Crippen molar-refractivity contribution < 1.29 is 24.2 Å². The topological polar surface area (TPSA) is 164 Å². The fraction of sp³-hybridized carbons (Fsp3) is 0.381. The molecule has 1 fully saturated rings. The van der Waals surface area contributed by atoms with Gasteiger partial charge in [-0.1, -0.05) is 6.07 Å². The molecule has 0 bridgehead atoms. The average molecular weight is 468 g/mol. The fourth-order valence-electron chi connectivity index (χ4n) is 3.86. The third-order valence-electron chi connectivity index (χ3n) is 5.66. The number of nitrogens with one attached hydrogen (secondary N) is 2. The lowest BCUT2D eigenvalue weighted by Gasteiger charge is -2.16. The van der Waals surface area contributed by atoms with Crippen molar-refractivity contribution in [2.45, 2.75) is 31.1 Å². The molecular formula is C21H24N8O5. The van der Waals surface area contributed by atoms with Crippen LogP contribution in [0.4, 0.5) is 11.8 Å². The molecule has 1 unspecified atom stereocenters. The van der Waals surface area contributed by atoms with Gasteiger partial charge in [0.05, 0.1) is 6.33 Å². The highest BCUT2D eigenvalue weighted by Crippen LogP contribution is 2.32. The van der Waals surface area contributed by atoms with Crippen LogP contribution in [0.1, 0.15) is 11.8 Å². The first-order valence-corrected chi connectivity index (χ1v) is 10.6. The number of anilines is 2. The second kappa shape index (κ2) is 8.52. The molecule has 5 rings (SSSR count). The minimum absolute atomic E-state index is 0.383. The number of fused-ring (bicyclic) bond motifs is 2. The lowest BCUT2D eigenvalue weighted by Crippen LogP contribution is -2.41. The minimum atomic E-state index is -1.39. The number of imidazole rings is 1. The molecule has 1 saturated heterocycles. The first kappa shape index (κ1) is 22.0. The first-order valence-electron chi connectivity index (χ1n) is 10.6. The molecule has 3 aromatic heterocycles. The zero-order chi connectivity index (χ0) is 24.0. The Morgan fingerprint density at radius 1 is 1.21 bits per heavy atom. The van der Waals surface area contributed by atoms with Crippen LogP contribution in [-0.2, 0) is 16.1 Å². The monoisotopic (exact) mass is 468 g/mol. The molecule has 4 aromatic rings. The van der Waals surface area contributed by atoms with E-state index in [2.05, 4.69) is 30.6 Å². The molecule has 4 heterocycles. The highest BCUT2D eigenvalue weighted by Gasteiger charge is 2.47. The van der Waals surface area contributed by atoms with Crippen molar-refractivity contribution in [2.75, 3.05) is 31.4 Å². The molecule has 0 aliphatic carbocycles. The van der Waals surface area contributed by atoms with Crippen LogP contribution in [0.25, 0.3) is 22.3 Å². The highest BCUT2D eigenvalue weighted by molar-refractivity contribution is 5.83. The summed E-state index contributed by atoms with van der Waals surface area (Å²) < 4.78 is 12.8. The van der Waals surface area contributed by atoms with Crippen molar-refractivity contribution in [1.82, 2.24) is 29.8 Å². The van der Waals surface area contributed by atoms with E-state index in [0.29, 0.717) is 35.1 Å². The van der Waals surface area contributed by atoms with Gasteiger partial charge in [0.1, 0.15) is 24.1 Å². The Hall–Kier alpha value is -3.81. The quantitative estimate of drug-likeness (QED) is 0.301. The van der Waals surface area contributed by atoms with Crippen LogP contribution in [0.15, 0.2) is 35.3 Å². The molecule has 0 saturated carbocycles. The minimum Gasteiger partial charge on any atom is -0.423 e. The zero-order valence-corrected chi connectivity index (χ0v) is 18.7.